The number of nitrogens with one attached hydrogen (secondary N) is 4. The number of carbonyl (C=O) groups is 4. The first-order valence-corrected chi connectivity index (χ1v) is 11.8. The van der Waals surface area contributed by atoms with Crippen LogP contribution in [0, 0.1) is 23.5 Å². The predicted octanol–water partition coefficient (Wildman–Crippen LogP) is 1.31. The summed E-state index contributed by atoms with van der Waals surface area (Å²) in [6.07, 6.45) is 3.50. The molecule has 2 aromatic rings. The number of piperidine rings is 1. The number of benzene rings is 1. The average Bonchev–Trinajstić information content (AvgIpc) is 3.54. The van der Waals surface area contributed by atoms with Crippen LogP contribution in [0.2, 0.25) is 0 Å². The summed E-state index contributed by atoms with van der Waals surface area (Å²) in [5.74, 6) is -3.98. The van der Waals surface area contributed by atoms with E-state index in [0.29, 0.717) is 25.5 Å². The molecule has 0 radical (unpaired) electrons. The monoisotopic (exact) mass is 490 g/mol. The van der Waals surface area contributed by atoms with Crippen LogP contribution in [0.4, 0.5) is 8.78 Å². The lowest BCUT2D eigenvalue weighted by atomic mass is 9.90. The van der Waals surface area contributed by atoms with Crippen molar-refractivity contribution in [3.05, 3.63) is 35.5 Å². The fourth-order valence-electron chi connectivity index (χ4n) is 4.44. The van der Waals surface area contributed by atoms with Crippen LogP contribution < -0.4 is 16.0 Å². The number of hydrogen-bond donors (Lipinski definition) is 5. The van der Waals surface area contributed by atoms with Crippen LogP contribution in [0.25, 0.3) is 10.9 Å². The van der Waals surface area contributed by atoms with Gasteiger partial charge < -0.3 is 26.0 Å². The number of carbonyl (C=O) groups excluding carboxylic acids is 4. The summed E-state index contributed by atoms with van der Waals surface area (Å²) in [6.45, 7) is -0.240. The zero-order valence-electron chi connectivity index (χ0n) is 19.0. The van der Waals surface area contributed by atoms with Gasteiger partial charge >= 0.3 is 0 Å². The molecule has 1 aromatic heterocycles. The summed E-state index contributed by atoms with van der Waals surface area (Å²) in [5.41, 5.74) is -0.0703. The van der Waals surface area contributed by atoms with E-state index in [0.717, 1.165) is 25.3 Å². The molecule has 1 saturated carbocycles. The number of fused-ring (bicyclic) bond motifs is 1. The molecule has 2 aliphatic rings. The van der Waals surface area contributed by atoms with Gasteiger partial charge in [-0.2, -0.15) is 0 Å². The zero-order chi connectivity index (χ0) is 25.1. The molecule has 188 valence electrons. The number of halogens is 2. The quantitative estimate of drug-likeness (QED) is 0.342. The molecule has 1 aliphatic carbocycles. The molecular formula is C24H28F2N4O5. The molecule has 1 saturated heterocycles. The van der Waals surface area contributed by atoms with Crippen LogP contribution in [-0.4, -0.2) is 58.8 Å². The van der Waals surface area contributed by atoms with Crippen LogP contribution in [0.5, 0.6) is 0 Å². The van der Waals surface area contributed by atoms with E-state index in [4.69, 9.17) is 0 Å². The molecule has 1 aromatic carbocycles. The zero-order valence-corrected chi connectivity index (χ0v) is 19.0. The van der Waals surface area contributed by atoms with Gasteiger partial charge in [0, 0.05) is 23.9 Å². The predicted molar refractivity (Wildman–Crippen MR) is 121 cm³/mol. The van der Waals surface area contributed by atoms with Gasteiger partial charge in [0.25, 0.3) is 5.91 Å². The van der Waals surface area contributed by atoms with Crippen LogP contribution in [0.3, 0.4) is 0 Å². The number of H-pyrrole nitrogens is 1. The van der Waals surface area contributed by atoms with Crippen molar-refractivity contribution >= 4 is 34.4 Å². The third kappa shape index (κ3) is 6.02. The van der Waals surface area contributed by atoms with Crippen molar-refractivity contribution in [3.8, 4) is 0 Å². The van der Waals surface area contributed by atoms with E-state index < -0.39 is 53.8 Å². The minimum Gasteiger partial charge on any atom is -0.389 e. The van der Waals surface area contributed by atoms with Gasteiger partial charge in [-0.25, -0.2) is 8.78 Å². The second kappa shape index (κ2) is 10.5. The summed E-state index contributed by atoms with van der Waals surface area (Å²) in [5, 5.41) is 17.5. The number of rotatable bonds is 10. The van der Waals surface area contributed by atoms with Crippen LogP contribution in [0.15, 0.2) is 18.2 Å². The highest BCUT2D eigenvalue weighted by Crippen LogP contribution is 2.33. The normalized spacial score (nSPS) is 19.6. The molecule has 4 rings (SSSR count). The molecule has 35 heavy (non-hydrogen) atoms. The molecule has 0 spiro atoms. The first-order valence-electron chi connectivity index (χ1n) is 11.8. The summed E-state index contributed by atoms with van der Waals surface area (Å²) in [6, 6.07) is 1.02. The van der Waals surface area contributed by atoms with E-state index in [-0.39, 0.29) is 34.8 Å². The number of ketones is 1. The number of aromatic amines is 1. The molecule has 11 heteroatoms. The maximum atomic E-state index is 14.0. The van der Waals surface area contributed by atoms with Crippen molar-refractivity contribution < 1.29 is 33.1 Å². The topological polar surface area (TPSA) is 140 Å². The second-order valence-electron chi connectivity index (χ2n) is 9.29. The van der Waals surface area contributed by atoms with E-state index in [2.05, 4.69) is 20.9 Å². The Hall–Kier alpha value is -3.34. The molecule has 5 N–H and O–H groups in total. The second-order valence-corrected chi connectivity index (χ2v) is 9.29. The van der Waals surface area contributed by atoms with E-state index >= 15 is 0 Å². The third-order valence-corrected chi connectivity index (χ3v) is 6.56. The Morgan fingerprint density at radius 2 is 1.83 bits per heavy atom. The molecule has 2 fully saturated rings. The first kappa shape index (κ1) is 24.8. The van der Waals surface area contributed by atoms with E-state index in [1.165, 1.54) is 6.07 Å². The van der Waals surface area contributed by atoms with Crippen LogP contribution in [0.1, 0.15) is 49.0 Å². The van der Waals surface area contributed by atoms with Crippen molar-refractivity contribution in [2.75, 3.05) is 13.2 Å². The number of amides is 3. The fraction of sp³-hybridized carbons (Fsp3) is 0.500. The molecule has 0 unspecified atom stereocenters. The molecule has 2 heterocycles. The Balaban J connectivity index is 1.48. The van der Waals surface area contributed by atoms with E-state index in [1.807, 2.05) is 0 Å². The lowest BCUT2D eigenvalue weighted by molar-refractivity contribution is -0.132. The Bertz CT molecular complexity index is 1150. The molecule has 9 nitrogen and oxygen atoms in total. The van der Waals surface area contributed by atoms with Crippen molar-refractivity contribution in [2.24, 2.45) is 11.8 Å². The number of Topliss-reactive ketones (excluding diaryl/α,β-unsaturated/α-hetero) is 1. The summed E-state index contributed by atoms with van der Waals surface area (Å²) in [4.78, 5) is 53.1. The van der Waals surface area contributed by atoms with E-state index in [9.17, 15) is 33.1 Å². The Labute approximate surface area is 200 Å². The minimum atomic E-state index is -1.08. The van der Waals surface area contributed by atoms with Crippen molar-refractivity contribution in [2.45, 2.75) is 50.6 Å². The largest absolute Gasteiger partial charge is 0.389 e. The lowest BCUT2D eigenvalue weighted by Crippen LogP contribution is -2.53. The summed E-state index contributed by atoms with van der Waals surface area (Å²) in [7, 11) is 0. The van der Waals surface area contributed by atoms with Gasteiger partial charge in [-0.05, 0) is 43.7 Å². The van der Waals surface area contributed by atoms with Crippen molar-refractivity contribution in [3.63, 3.8) is 0 Å². The highest BCUT2D eigenvalue weighted by molar-refractivity contribution is 6.01. The molecular weight excluding hydrogens is 462 g/mol. The van der Waals surface area contributed by atoms with Crippen molar-refractivity contribution in [1.29, 1.82) is 0 Å². The number of aromatic nitrogens is 1. The molecule has 0 bridgehead atoms. The maximum Gasteiger partial charge on any atom is 0.268 e. The van der Waals surface area contributed by atoms with Gasteiger partial charge in [0.05, 0.1) is 11.6 Å². The average molecular weight is 491 g/mol. The fourth-order valence-corrected chi connectivity index (χ4v) is 4.44. The van der Waals surface area contributed by atoms with Gasteiger partial charge in [-0.15, -0.1) is 0 Å². The molecule has 3 atom stereocenters. The highest BCUT2D eigenvalue weighted by Gasteiger charge is 2.34. The van der Waals surface area contributed by atoms with Gasteiger partial charge in [0.1, 0.15) is 30.0 Å². The van der Waals surface area contributed by atoms with E-state index in [1.54, 1.807) is 0 Å². The minimum absolute atomic E-state index is 0.0286. The van der Waals surface area contributed by atoms with Gasteiger partial charge in [-0.1, -0.05) is 12.8 Å². The summed E-state index contributed by atoms with van der Waals surface area (Å²) >= 11 is 0. The van der Waals surface area contributed by atoms with Gasteiger partial charge in [0.2, 0.25) is 11.8 Å². The maximum absolute atomic E-state index is 14.0. The smallest absolute Gasteiger partial charge is 0.268 e. The number of aliphatic hydroxyl groups is 1. The van der Waals surface area contributed by atoms with Crippen LogP contribution >= 0.6 is 0 Å². The Kier molecular flexibility index (Phi) is 7.44. The molecule has 1 aliphatic heterocycles. The Morgan fingerprint density at radius 1 is 1.06 bits per heavy atom. The van der Waals surface area contributed by atoms with Gasteiger partial charge in [0.15, 0.2) is 5.78 Å². The van der Waals surface area contributed by atoms with Crippen LogP contribution in [-0.2, 0) is 14.4 Å². The Morgan fingerprint density at radius 3 is 2.51 bits per heavy atom. The summed E-state index contributed by atoms with van der Waals surface area (Å²) < 4.78 is 27.5. The third-order valence-electron chi connectivity index (χ3n) is 6.56. The number of hydrogen-bond acceptors (Lipinski definition) is 5. The first-order chi connectivity index (χ1) is 16.7. The van der Waals surface area contributed by atoms with Gasteiger partial charge in [-0.3, -0.25) is 19.2 Å². The molecule has 3 amide bonds. The SMILES string of the molecule is O=C(N[C@@H](CC1CC1)C(=O)N[C@@H](C[C@@H]1CCCNC1=O)C(=O)CO)c1cc2cc(F)cc(F)c2[nH]1. The lowest BCUT2D eigenvalue weighted by Gasteiger charge is -2.27. The highest BCUT2D eigenvalue weighted by atomic mass is 19.1. The van der Waals surface area contributed by atoms with Crippen molar-refractivity contribution in [1.82, 2.24) is 20.9 Å². The number of aliphatic hydroxyl groups excluding tert-OH is 1. The standard InChI is InChI=1S/C24H28F2N4O5/c25-15-7-14-9-19(28-21(14)16(26)10-15)24(35)30-18(6-12-3-4-12)23(34)29-17(20(32)11-31)8-13-2-1-5-27-22(13)33/h7,9-10,12-13,17-18,28,31H,1-6,8,11H2,(H,27,33)(H,29,34)(H,30,35)/t13-,17-,18-/m0/s1.